The SMILES string of the molecule is CCC(C)[C@@](C)(C(=O)O)c1c(C)n(C(=O)c2ccc(OC(F)(F)F)cc2)c2ccc(O)cc12. The van der Waals surface area contributed by atoms with Crippen LogP contribution in [0.4, 0.5) is 13.2 Å². The molecule has 0 amide bonds. The summed E-state index contributed by atoms with van der Waals surface area (Å²) in [6.45, 7) is 6.89. The lowest BCUT2D eigenvalue weighted by Crippen LogP contribution is -2.39. The van der Waals surface area contributed by atoms with Crippen molar-refractivity contribution in [1.82, 2.24) is 4.57 Å². The molecule has 1 heterocycles. The summed E-state index contributed by atoms with van der Waals surface area (Å²) < 4.78 is 42.5. The fraction of sp³-hybridized carbons (Fsp3) is 0.333. The minimum atomic E-state index is -4.85. The molecule has 1 unspecified atom stereocenters. The number of fused-ring (bicyclic) bond motifs is 1. The van der Waals surface area contributed by atoms with Gasteiger partial charge in [0.15, 0.2) is 0 Å². The first-order valence-electron chi connectivity index (χ1n) is 10.3. The Kier molecular flexibility index (Phi) is 6.19. The van der Waals surface area contributed by atoms with Gasteiger partial charge in [0, 0.05) is 16.6 Å². The van der Waals surface area contributed by atoms with Gasteiger partial charge in [-0.3, -0.25) is 14.2 Å². The third kappa shape index (κ3) is 4.27. The number of phenolic OH excluding ortho intramolecular Hbond substituents is 1. The van der Waals surface area contributed by atoms with Gasteiger partial charge in [-0.25, -0.2) is 0 Å². The molecule has 2 N–H and O–H groups in total. The fourth-order valence-electron chi connectivity index (χ4n) is 4.22. The zero-order chi connectivity index (χ0) is 24.7. The molecule has 0 aliphatic rings. The van der Waals surface area contributed by atoms with Crippen LogP contribution in [-0.4, -0.2) is 33.0 Å². The van der Waals surface area contributed by atoms with Gasteiger partial charge in [0.2, 0.25) is 0 Å². The molecule has 3 rings (SSSR count). The van der Waals surface area contributed by atoms with E-state index < -0.39 is 29.4 Å². The number of carboxylic acids is 1. The van der Waals surface area contributed by atoms with Crippen molar-refractivity contribution >= 4 is 22.8 Å². The van der Waals surface area contributed by atoms with E-state index in [1.54, 1.807) is 20.8 Å². The van der Waals surface area contributed by atoms with Crippen molar-refractivity contribution in [2.45, 2.75) is 45.9 Å². The molecule has 0 aliphatic carbocycles. The number of benzene rings is 2. The molecule has 3 aromatic rings. The number of aliphatic carboxylic acids is 1. The number of alkyl halides is 3. The highest BCUT2D eigenvalue weighted by Gasteiger charge is 2.44. The maximum Gasteiger partial charge on any atom is 0.573 e. The Labute approximate surface area is 188 Å². The summed E-state index contributed by atoms with van der Waals surface area (Å²) in [5.41, 5.74) is -0.107. The predicted octanol–water partition coefficient (Wildman–Crippen LogP) is 5.63. The smallest absolute Gasteiger partial charge is 0.508 e. The Balaban J connectivity index is 2.22. The highest BCUT2D eigenvalue weighted by atomic mass is 19.4. The van der Waals surface area contributed by atoms with Gasteiger partial charge >= 0.3 is 12.3 Å². The second-order valence-corrected chi connectivity index (χ2v) is 8.19. The lowest BCUT2D eigenvalue weighted by Gasteiger charge is -2.32. The zero-order valence-corrected chi connectivity index (χ0v) is 18.5. The van der Waals surface area contributed by atoms with Gasteiger partial charge in [0.25, 0.3) is 5.91 Å². The number of hydrogen-bond acceptors (Lipinski definition) is 4. The van der Waals surface area contributed by atoms with E-state index in [1.807, 2.05) is 6.92 Å². The molecule has 0 saturated carbocycles. The van der Waals surface area contributed by atoms with E-state index in [1.165, 1.54) is 34.9 Å². The number of carboxylic acid groups (broad SMARTS) is 1. The molecule has 0 saturated heterocycles. The van der Waals surface area contributed by atoms with Gasteiger partial charge in [0.05, 0.1) is 10.9 Å². The number of aromatic hydroxyl groups is 1. The van der Waals surface area contributed by atoms with Crippen molar-refractivity contribution in [3.63, 3.8) is 0 Å². The number of ether oxygens (including phenoxy) is 1. The van der Waals surface area contributed by atoms with Crippen molar-refractivity contribution in [3.8, 4) is 11.5 Å². The van der Waals surface area contributed by atoms with Crippen molar-refractivity contribution in [2.75, 3.05) is 0 Å². The van der Waals surface area contributed by atoms with Gasteiger partial charge in [0.1, 0.15) is 11.5 Å². The predicted molar refractivity (Wildman–Crippen MR) is 116 cm³/mol. The number of carbonyl (C=O) groups excluding carboxylic acids is 1. The van der Waals surface area contributed by atoms with Crippen LogP contribution in [0.2, 0.25) is 0 Å². The summed E-state index contributed by atoms with van der Waals surface area (Å²) in [6, 6.07) is 8.81. The quantitative estimate of drug-likeness (QED) is 0.495. The van der Waals surface area contributed by atoms with Crippen LogP contribution in [0.25, 0.3) is 10.9 Å². The van der Waals surface area contributed by atoms with Crippen molar-refractivity contribution in [3.05, 3.63) is 59.3 Å². The number of aromatic nitrogens is 1. The van der Waals surface area contributed by atoms with Gasteiger partial charge in [-0.15, -0.1) is 13.2 Å². The second kappa shape index (κ2) is 8.46. The monoisotopic (exact) mass is 463 g/mol. The van der Waals surface area contributed by atoms with Crippen LogP contribution >= 0.6 is 0 Å². The molecule has 176 valence electrons. The molecular formula is C24H24F3NO5. The van der Waals surface area contributed by atoms with Crippen LogP contribution in [0.1, 0.15) is 48.8 Å². The van der Waals surface area contributed by atoms with E-state index in [2.05, 4.69) is 4.74 Å². The third-order valence-electron chi connectivity index (χ3n) is 6.29. The molecule has 0 spiro atoms. The molecule has 33 heavy (non-hydrogen) atoms. The van der Waals surface area contributed by atoms with E-state index in [0.717, 1.165) is 12.1 Å². The Morgan fingerprint density at radius 3 is 2.24 bits per heavy atom. The first kappa shape index (κ1) is 24.2. The van der Waals surface area contributed by atoms with Crippen LogP contribution in [0.5, 0.6) is 11.5 Å². The maximum atomic E-state index is 13.4. The first-order chi connectivity index (χ1) is 15.3. The number of nitrogens with zero attached hydrogens (tertiary/aromatic N) is 1. The average Bonchev–Trinajstić information content (AvgIpc) is 3.02. The van der Waals surface area contributed by atoms with Crippen LogP contribution < -0.4 is 4.74 Å². The Morgan fingerprint density at radius 1 is 1.12 bits per heavy atom. The summed E-state index contributed by atoms with van der Waals surface area (Å²) in [6.07, 6.45) is -4.30. The Hall–Kier alpha value is -3.49. The molecule has 2 aromatic carbocycles. The zero-order valence-electron chi connectivity index (χ0n) is 18.5. The van der Waals surface area contributed by atoms with Crippen molar-refractivity contribution in [2.24, 2.45) is 5.92 Å². The summed E-state index contributed by atoms with van der Waals surface area (Å²) in [4.78, 5) is 25.8. The normalized spacial score (nSPS) is 14.6. The second-order valence-electron chi connectivity index (χ2n) is 8.19. The van der Waals surface area contributed by atoms with Gasteiger partial charge in [-0.1, -0.05) is 20.3 Å². The third-order valence-corrected chi connectivity index (χ3v) is 6.29. The van der Waals surface area contributed by atoms with E-state index in [4.69, 9.17) is 0 Å². The molecular weight excluding hydrogens is 439 g/mol. The summed E-state index contributed by atoms with van der Waals surface area (Å²) in [7, 11) is 0. The van der Waals surface area contributed by atoms with Crippen LogP contribution in [0.15, 0.2) is 42.5 Å². The van der Waals surface area contributed by atoms with E-state index in [9.17, 15) is 33.0 Å². The van der Waals surface area contributed by atoms with Crippen LogP contribution in [-0.2, 0) is 10.2 Å². The van der Waals surface area contributed by atoms with Crippen LogP contribution in [0, 0.1) is 12.8 Å². The molecule has 0 radical (unpaired) electrons. The minimum absolute atomic E-state index is 0.0844. The number of rotatable bonds is 6. The van der Waals surface area contributed by atoms with E-state index >= 15 is 0 Å². The summed E-state index contributed by atoms with van der Waals surface area (Å²) in [5, 5.41) is 20.7. The van der Waals surface area contributed by atoms with Gasteiger partial charge in [-0.05, 0) is 67.8 Å². The largest absolute Gasteiger partial charge is 0.573 e. The summed E-state index contributed by atoms with van der Waals surface area (Å²) in [5.74, 6) is -2.47. The fourth-order valence-corrected chi connectivity index (χ4v) is 4.22. The molecule has 0 bridgehead atoms. The van der Waals surface area contributed by atoms with Gasteiger partial charge < -0.3 is 14.9 Å². The number of carbonyl (C=O) groups is 2. The lowest BCUT2D eigenvalue weighted by molar-refractivity contribution is -0.274. The van der Waals surface area contributed by atoms with Gasteiger partial charge in [-0.2, -0.15) is 0 Å². The number of hydrogen-bond donors (Lipinski definition) is 2. The molecule has 6 nitrogen and oxygen atoms in total. The molecule has 1 aromatic heterocycles. The highest BCUT2D eigenvalue weighted by molar-refractivity contribution is 6.06. The van der Waals surface area contributed by atoms with Crippen LogP contribution in [0.3, 0.4) is 0 Å². The number of phenols is 1. The molecule has 9 heteroatoms. The Morgan fingerprint density at radius 2 is 1.73 bits per heavy atom. The molecule has 2 atom stereocenters. The van der Waals surface area contributed by atoms with E-state index in [-0.39, 0.29) is 17.2 Å². The molecule has 0 fully saturated rings. The maximum absolute atomic E-state index is 13.4. The summed E-state index contributed by atoms with van der Waals surface area (Å²) >= 11 is 0. The minimum Gasteiger partial charge on any atom is -0.508 e. The topological polar surface area (TPSA) is 88.8 Å². The lowest BCUT2D eigenvalue weighted by atomic mass is 9.70. The standard InChI is InChI=1S/C24H24F3NO5/c1-5-13(2)23(4,22(31)32)20-14(3)28(19-11-8-16(29)12-18(19)20)21(30)15-6-9-17(10-7-15)33-24(25,26)27/h6-13,29H,5H2,1-4H3,(H,31,32)/t13?,23-/m1/s1. The number of halogens is 3. The van der Waals surface area contributed by atoms with Crippen molar-refractivity contribution < 1.29 is 37.7 Å². The average molecular weight is 463 g/mol. The first-order valence-corrected chi connectivity index (χ1v) is 10.3. The van der Waals surface area contributed by atoms with Crippen molar-refractivity contribution in [1.29, 1.82) is 0 Å². The highest BCUT2D eigenvalue weighted by Crippen LogP contribution is 2.43. The van der Waals surface area contributed by atoms with E-state index in [0.29, 0.717) is 28.6 Å². The Bertz CT molecular complexity index is 1210. The molecule has 0 aliphatic heterocycles.